The van der Waals surface area contributed by atoms with Gasteiger partial charge in [-0.3, -0.25) is 4.99 Å². The van der Waals surface area contributed by atoms with E-state index in [2.05, 4.69) is 212 Å². The second kappa shape index (κ2) is 16.1. The van der Waals surface area contributed by atoms with E-state index >= 15 is 0 Å². The van der Waals surface area contributed by atoms with Crippen LogP contribution < -0.4 is 5.73 Å². The average molecular weight is 805 g/mol. The first-order valence-corrected chi connectivity index (χ1v) is 21.7. The summed E-state index contributed by atoms with van der Waals surface area (Å²) in [6.07, 6.45) is 2.03. The highest BCUT2D eigenvalue weighted by atomic mass is 14.7. The van der Waals surface area contributed by atoms with Crippen molar-refractivity contribution in [3.63, 3.8) is 0 Å². The highest BCUT2D eigenvalue weighted by Gasteiger charge is 2.47. The first kappa shape index (κ1) is 37.9. The van der Waals surface area contributed by atoms with Gasteiger partial charge < -0.3 is 5.73 Å². The normalized spacial score (nSPS) is 13.2. The molecule has 2 nitrogen and oxygen atoms in total. The third-order valence-electron chi connectivity index (χ3n) is 12.8. The second-order valence-electron chi connectivity index (χ2n) is 16.4. The summed E-state index contributed by atoms with van der Waals surface area (Å²) in [6, 6.07) is 85.3. The Labute approximate surface area is 369 Å². The summed E-state index contributed by atoms with van der Waals surface area (Å²) in [5.41, 5.74) is 23.7. The van der Waals surface area contributed by atoms with Gasteiger partial charge in [0, 0.05) is 11.3 Å². The maximum Gasteiger partial charge on any atom is 0.0719 e. The van der Waals surface area contributed by atoms with Gasteiger partial charge in [-0.1, -0.05) is 224 Å². The SMILES string of the molecule is N/C(=C\C(=NCc1ccccc1)c1ccccc1)c1ccc(-c2cccc(-c3ccc4c(c3)-c3ccc5ccccc5c3C4(c3ccccc3)c3ccccc3)c2)c2ccccc12. The largest absolute Gasteiger partial charge is 0.398 e. The Morgan fingerprint density at radius 1 is 0.444 bits per heavy atom. The van der Waals surface area contributed by atoms with Gasteiger partial charge in [0.1, 0.15) is 0 Å². The summed E-state index contributed by atoms with van der Waals surface area (Å²) in [4.78, 5) is 5.06. The minimum absolute atomic E-state index is 0.485. The van der Waals surface area contributed by atoms with Gasteiger partial charge in [-0.15, -0.1) is 0 Å². The average Bonchev–Trinajstić information content (AvgIpc) is 3.67. The minimum Gasteiger partial charge on any atom is -0.398 e. The van der Waals surface area contributed by atoms with Crippen LogP contribution in [0.2, 0.25) is 0 Å². The molecule has 10 aromatic carbocycles. The van der Waals surface area contributed by atoms with E-state index in [1.807, 2.05) is 30.3 Å². The van der Waals surface area contributed by atoms with Crippen molar-refractivity contribution in [1.29, 1.82) is 0 Å². The van der Waals surface area contributed by atoms with Crippen LogP contribution in [0.15, 0.2) is 248 Å². The molecule has 0 atom stereocenters. The lowest BCUT2D eigenvalue weighted by Crippen LogP contribution is -2.28. The van der Waals surface area contributed by atoms with Crippen LogP contribution >= 0.6 is 0 Å². The van der Waals surface area contributed by atoms with Gasteiger partial charge in [0.15, 0.2) is 0 Å². The molecule has 0 radical (unpaired) electrons. The van der Waals surface area contributed by atoms with Crippen LogP contribution in [0.3, 0.4) is 0 Å². The predicted molar refractivity (Wildman–Crippen MR) is 265 cm³/mol. The number of allylic oxidation sites excluding steroid dienone is 1. The van der Waals surface area contributed by atoms with E-state index in [0.717, 1.165) is 44.3 Å². The zero-order valence-corrected chi connectivity index (χ0v) is 34.8. The molecular weight excluding hydrogens is 761 g/mol. The maximum atomic E-state index is 7.04. The molecule has 11 rings (SSSR count). The van der Waals surface area contributed by atoms with E-state index in [1.54, 1.807) is 0 Å². The van der Waals surface area contributed by atoms with E-state index < -0.39 is 5.41 Å². The minimum atomic E-state index is -0.485. The molecule has 0 aliphatic heterocycles. The van der Waals surface area contributed by atoms with Gasteiger partial charge in [-0.2, -0.15) is 0 Å². The van der Waals surface area contributed by atoms with Gasteiger partial charge in [0.25, 0.3) is 0 Å². The van der Waals surface area contributed by atoms with E-state index in [-0.39, 0.29) is 0 Å². The molecule has 0 heterocycles. The van der Waals surface area contributed by atoms with Gasteiger partial charge in [-0.25, -0.2) is 0 Å². The van der Waals surface area contributed by atoms with Gasteiger partial charge in [0.05, 0.1) is 17.7 Å². The molecule has 0 amide bonds. The smallest absolute Gasteiger partial charge is 0.0719 e. The van der Waals surface area contributed by atoms with E-state index in [4.69, 9.17) is 10.7 Å². The molecule has 0 fully saturated rings. The Morgan fingerprint density at radius 2 is 1.03 bits per heavy atom. The molecule has 1 aliphatic carbocycles. The fourth-order valence-electron chi connectivity index (χ4n) is 9.93. The van der Waals surface area contributed by atoms with Crippen molar-refractivity contribution < 1.29 is 0 Å². The van der Waals surface area contributed by atoms with Crippen LogP contribution in [0.1, 0.15) is 38.9 Å². The number of hydrogen-bond donors (Lipinski definition) is 1. The number of nitrogens with zero attached hydrogens (tertiary/aromatic N) is 1. The van der Waals surface area contributed by atoms with Crippen LogP contribution in [-0.4, -0.2) is 5.71 Å². The van der Waals surface area contributed by atoms with Crippen LogP contribution in [0, 0.1) is 0 Å². The number of benzene rings is 10. The number of nitrogens with two attached hydrogens (primary N) is 1. The molecule has 10 aromatic rings. The quantitative estimate of drug-likeness (QED) is 0.145. The predicted octanol–water partition coefficient (Wildman–Crippen LogP) is 14.7. The van der Waals surface area contributed by atoms with Gasteiger partial charge in [0.2, 0.25) is 0 Å². The molecule has 2 heteroatoms. The Hall–Kier alpha value is -8.07. The number of fused-ring (bicyclic) bond motifs is 6. The second-order valence-corrected chi connectivity index (χ2v) is 16.4. The Balaban J connectivity index is 1.02. The Kier molecular flexibility index (Phi) is 9.67. The van der Waals surface area contributed by atoms with E-state index in [9.17, 15) is 0 Å². The molecule has 0 spiro atoms. The third-order valence-corrected chi connectivity index (χ3v) is 12.8. The third kappa shape index (κ3) is 6.65. The number of rotatable bonds is 9. The molecule has 1 aliphatic rings. The standard InChI is InChI=1S/C61H44N2/c62-58(40-59(44-21-7-2-8-22-44)63-41-42-18-5-1-6-19-42)54-36-35-50(52-30-15-16-31-53(52)54)47-24-17-23-45(38-47)46-33-37-57-56(39-46)55-34-32-43-20-13-14-29-51(43)60(55)61(57,48-25-9-3-10-26-48)49-27-11-4-12-28-49/h1-40H,41,62H2/b58-40-,63-59?. The maximum absolute atomic E-state index is 7.04. The van der Waals surface area contributed by atoms with Crippen LogP contribution in [-0.2, 0) is 12.0 Å². The lowest BCUT2D eigenvalue weighted by atomic mass is 9.66. The van der Waals surface area contributed by atoms with Crippen molar-refractivity contribution >= 4 is 33.0 Å². The summed E-state index contributed by atoms with van der Waals surface area (Å²) in [5.74, 6) is 0. The first-order valence-electron chi connectivity index (χ1n) is 21.7. The number of hydrogen-bond acceptors (Lipinski definition) is 2. The van der Waals surface area contributed by atoms with Crippen molar-refractivity contribution in [2.24, 2.45) is 10.7 Å². The van der Waals surface area contributed by atoms with Crippen LogP contribution in [0.4, 0.5) is 0 Å². The van der Waals surface area contributed by atoms with Crippen molar-refractivity contribution in [3.8, 4) is 33.4 Å². The van der Waals surface area contributed by atoms with E-state index in [1.165, 1.54) is 55.3 Å². The summed E-state index contributed by atoms with van der Waals surface area (Å²) < 4.78 is 0. The zero-order valence-electron chi connectivity index (χ0n) is 34.8. The fourth-order valence-corrected chi connectivity index (χ4v) is 9.93. The molecular formula is C61H44N2. The van der Waals surface area contributed by atoms with Gasteiger partial charge >= 0.3 is 0 Å². The number of aliphatic imine (C=N–C) groups is 1. The van der Waals surface area contributed by atoms with Crippen molar-refractivity contribution in [2.75, 3.05) is 0 Å². The van der Waals surface area contributed by atoms with Crippen molar-refractivity contribution in [2.45, 2.75) is 12.0 Å². The van der Waals surface area contributed by atoms with Gasteiger partial charge in [-0.05, 0) is 107 Å². The monoisotopic (exact) mass is 804 g/mol. The summed E-state index contributed by atoms with van der Waals surface area (Å²) in [5, 5.41) is 4.78. The molecule has 0 bridgehead atoms. The Bertz CT molecular complexity index is 3310. The lowest BCUT2D eigenvalue weighted by Gasteiger charge is -2.34. The lowest BCUT2D eigenvalue weighted by molar-refractivity contribution is 0.775. The molecule has 0 aromatic heterocycles. The summed E-state index contributed by atoms with van der Waals surface area (Å²) in [7, 11) is 0. The molecule has 298 valence electrons. The van der Waals surface area contributed by atoms with Crippen LogP contribution in [0.5, 0.6) is 0 Å². The highest BCUT2D eigenvalue weighted by Crippen LogP contribution is 2.58. The summed E-state index contributed by atoms with van der Waals surface area (Å²) >= 11 is 0. The summed E-state index contributed by atoms with van der Waals surface area (Å²) in [6.45, 7) is 0.569. The topological polar surface area (TPSA) is 38.4 Å². The van der Waals surface area contributed by atoms with Crippen molar-refractivity contribution in [3.05, 3.63) is 282 Å². The van der Waals surface area contributed by atoms with Crippen molar-refractivity contribution in [1.82, 2.24) is 0 Å². The fraction of sp³-hybridized carbons (Fsp3) is 0.0328. The molecule has 0 saturated carbocycles. The molecule has 2 N–H and O–H groups in total. The molecule has 0 saturated heterocycles. The highest BCUT2D eigenvalue weighted by molar-refractivity contribution is 6.14. The Morgan fingerprint density at radius 3 is 1.76 bits per heavy atom. The molecule has 0 unspecified atom stereocenters. The first-order chi connectivity index (χ1) is 31.2. The molecule has 63 heavy (non-hydrogen) atoms. The van der Waals surface area contributed by atoms with Crippen LogP contribution in [0.25, 0.3) is 60.6 Å². The zero-order chi connectivity index (χ0) is 42.2. The van der Waals surface area contributed by atoms with E-state index in [0.29, 0.717) is 12.2 Å².